The highest BCUT2D eigenvalue weighted by Crippen LogP contribution is 2.31. The van der Waals surface area contributed by atoms with E-state index in [0.29, 0.717) is 6.04 Å². The molecule has 3 heterocycles. The smallest absolute Gasteiger partial charge is 0.0907 e. The van der Waals surface area contributed by atoms with Gasteiger partial charge in [-0.2, -0.15) is 0 Å². The van der Waals surface area contributed by atoms with Crippen LogP contribution in [0.4, 0.5) is 5.69 Å². The lowest BCUT2D eigenvalue weighted by molar-refractivity contribution is 0.318. The molecule has 2 aliphatic rings. The van der Waals surface area contributed by atoms with Crippen molar-refractivity contribution in [3.8, 4) is 0 Å². The second-order valence-electron chi connectivity index (χ2n) is 5.70. The molecule has 2 aromatic rings. The van der Waals surface area contributed by atoms with Gasteiger partial charge in [0, 0.05) is 24.3 Å². The molecule has 2 unspecified atom stereocenters. The molecule has 2 atom stereocenters. The minimum Gasteiger partial charge on any atom is -0.381 e. The van der Waals surface area contributed by atoms with Gasteiger partial charge in [-0.05, 0) is 50.9 Å². The van der Waals surface area contributed by atoms with Crippen LogP contribution in [0.25, 0.3) is 10.2 Å². The molecule has 3 nitrogen and oxygen atoms in total. The number of hydrogen-bond acceptors (Lipinski definition) is 4. The fourth-order valence-corrected chi connectivity index (χ4v) is 4.46. The van der Waals surface area contributed by atoms with E-state index in [1.807, 2.05) is 0 Å². The predicted molar refractivity (Wildman–Crippen MR) is 81.0 cm³/mol. The number of nitrogens with zero attached hydrogens (tertiary/aromatic N) is 2. The summed E-state index contributed by atoms with van der Waals surface area (Å²) in [6.45, 7) is 4.64. The summed E-state index contributed by atoms with van der Waals surface area (Å²) in [4.78, 5) is 7.17. The lowest BCUT2D eigenvalue weighted by atomic mass is 10.1. The van der Waals surface area contributed by atoms with Crippen molar-refractivity contribution < 1.29 is 0 Å². The molecule has 1 N–H and O–H groups in total. The van der Waals surface area contributed by atoms with Gasteiger partial charge in [-0.1, -0.05) is 0 Å². The molecule has 4 heteroatoms. The Morgan fingerprint density at radius 3 is 3.21 bits per heavy atom. The first-order valence-electron chi connectivity index (χ1n) is 7.17. The molecule has 0 amide bonds. The van der Waals surface area contributed by atoms with Gasteiger partial charge in [0.1, 0.15) is 0 Å². The highest BCUT2D eigenvalue weighted by atomic mass is 32.1. The molecule has 1 aromatic heterocycles. The maximum atomic E-state index is 4.52. The number of rotatable bonds is 2. The number of hydrogen-bond donors (Lipinski definition) is 1. The van der Waals surface area contributed by atoms with Gasteiger partial charge >= 0.3 is 0 Å². The molecule has 0 saturated carbocycles. The third kappa shape index (κ3) is 2.03. The highest BCUT2D eigenvalue weighted by molar-refractivity contribution is 7.18. The topological polar surface area (TPSA) is 28.2 Å². The molecule has 0 bridgehead atoms. The summed E-state index contributed by atoms with van der Waals surface area (Å²) in [6, 6.07) is 7.98. The summed E-state index contributed by atoms with van der Waals surface area (Å²) in [7, 11) is 0. The molecule has 0 radical (unpaired) electrons. The second-order valence-corrected chi connectivity index (χ2v) is 6.94. The van der Waals surface area contributed by atoms with E-state index >= 15 is 0 Å². The van der Waals surface area contributed by atoms with Gasteiger partial charge in [-0.15, -0.1) is 11.3 Å². The van der Waals surface area contributed by atoms with Crippen LogP contribution >= 0.6 is 11.3 Å². The third-order valence-corrected chi connectivity index (χ3v) is 5.39. The molecule has 0 aliphatic carbocycles. The van der Waals surface area contributed by atoms with E-state index in [9.17, 15) is 0 Å². The number of anilines is 1. The highest BCUT2D eigenvalue weighted by Gasteiger charge is 2.36. The zero-order valence-corrected chi connectivity index (χ0v) is 12.0. The van der Waals surface area contributed by atoms with Crippen LogP contribution in [0.2, 0.25) is 0 Å². The molecule has 2 saturated heterocycles. The molecule has 1 aromatic carbocycles. The quantitative estimate of drug-likeness (QED) is 0.910. The average molecular weight is 273 g/mol. The molecule has 0 spiro atoms. The number of nitrogens with one attached hydrogen (secondary N) is 1. The Bertz CT molecular complexity index is 606. The third-order valence-electron chi connectivity index (χ3n) is 4.45. The first-order valence-corrected chi connectivity index (χ1v) is 7.99. The van der Waals surface area contributed by atoms with Crippen molar-refractivity contribution in [2.75, 3.05) is 18.4 Å². The number of aromatic nitrogens is 1. The van der Waals surface area contributed by atoms with Crippen LogP contribution in [-0.2, 0) is 0 Å². The maximum absolute atomic E-state index is 4.52. The Morgan fingerprint density at radius 1 is 1.32 bits per heavy atom. The van der Waals surface area contributed by atoms with Gasteiger partial charge in [0.25, 0.3) is 0 Å². The summed E-state index contributed by atoms with van der Waals surface area (Å²) < 4.78 is 1.30. The number of fused-ring (bicyclic) bond motifs is 2. The van der Waals surface area contributed by atoms with E-state index in [2.05, 4.69) is 40.3 Å². The largest absolute Gasteiger partial charge is 0.381 e. The summed E-state index contributed by atoms with van der Waals surface area (Å²) in [5.74, 6) is 0. The van der Waals surface area contributed by atoms with Crippen LogP contribution < -0.4 is 5.32 Å². The van der Waals surface area contributed by atoms with Crippen LogP contribution in [0.15, 0.2) is 18.2 Å². The van der Waals surface area contributed by atoms with Crippen LogP contribution in [0, 0.1) is 6.92 Å². The average Bonchev–Trinajstić information content (AvgIpc) is 3.05. The lowest BCUT2D eigenvalue weighted by Gasteiger charge is -2.22. The molecular formula is C15H19N3S. The van der Waals surface area contributed by atoms with E-state index in [1.165, 1.54) is 42.7 Å². The molecule has 4 rings (SSSR count). The Hall–Kier alpha value is -1.13. The molecule has 19 heavy (non-hydrogen) atoms. The number of aryl methyl sites for hydroxylation is 1. The van der Waals surface area contributed by atoms with E-state index < -0.39 is 0 Å². The van der Waals surface area contributed by atoms with Crippen LogP contribution in [0.5, 0.6) is 0 Å². The van der Waals surface area contributed by atoms with Crippen molar-refractivity contribution in [3.05, 3.63) is 23.2 Å². The summed E-state index contributed by atoms with van der Waals surface area (Å²) in [5, 5.41) is 4.90. The monoisotopic (exact) mass is 273 g/mol. The van der Waals surface area contributed by atoms with Crippen LogP contribution in [-0.4, -0.2) is 35.1 Å². The number of thiazole rings is 1. The van der Waals surface area contributed by atoms with Crippen molar-refractivity contribution >= 4 is 27.2 Å². The SMILES string of the molecule is Cc1nc2ccc(NC3CCN4CCCC34)cc2s1. The fraction of sp³-hybridized carbons (Fsp3) is 0.533. The van der Waals surface area contributed by atoms with Crippen molar-refractivity contribution in [1.82, 2.24) is 9.88 Å². The van der Waals surface area contributed by atoms with E-state index in [1.54, 1.807) is 11.3 Å². The van der Waals surface area contributed by atoms with Gasteiger partial charge < -0.3 is 5.32 Å². The zero-order chi connectivity index (χ0) is 12.8. The molecule has 100 valence electrons. The van der Waals surface area contributed by atoms with Crippen molar-refractivity contribution in [3.63, 3.8) is 0 Å². The van der Waals surface area contributed by atoms with Crippen molar-refractivity contribution in [2.24, 2.45) is 0 Å². The second kappa shape index (κ2) is 4.46. The zero-order valence-electron chi connectivity index (χ0n) is 11.2. The summed E-state index contributed by atoms with van der Waals surface area (Å²) in [6.07, 6.45) is 4.01. The Morgan fingerprint density at radius 2 is 2.26 bits per heavy atom. The minimum atomic E-state index is 0.633. The van der Waals surface area contributed by atoms with Gasteiger partial charge in [-0.25, -0.2) is 4.98 Å². The fourth-order valence-electron chi connectivity index (χ4n) is 3.59. The van der Waals surface area contributed by atoms with Crippen molar-refractivity contribution in [1.29, 1.82) is 0 Å². The lowest BCUT2D eigenvalue weighted by Crippen LogP contribution is -2.33. The van der Waals surface area contributed by atoms with Gasteiger partial charge in [0.15, 0.2) is 0 Å². The Balaban J connectivity index is 1.57. The summed E-state index contributed by atoms with van der Waals surface area (Å²) >= 11 is 1.78. The van der Waals surface area contributed by atoms with Crippen molar-refractivity contribution in [2.45, 2.75) is 38.3 Å². The molecule has 2 aliphatic heterocycles. The first kappa shape index (κ1) is 11.7. The van der Waals surface area contributed by atoms with E-state index in [4.69, 9.17) is 0 Å². The van der Waals surface area contributed by atoms with Gasteiger partial charge in [-0.3, -0.25) is 4.90 Å². The summed E-state index contributed by atoms with van der Waals surface area (Å²) in [5.41, 5.74) is 2.39. The van der Waals surface area contributed by atoms with E-state index in [-0.39, 0.29) is 0 Å². The molecular weight excluding hydrogens is 254 g/mol. The maximum Gasteiger partial charge on any atom is 0.0907 e. The van der Waals surface area contributed by atoms with Crippen LogP contribution in [0.1, 0.15) is 24.3 Å². The first-order chi connectivity index (χ1) is 9.29. The predicted octanol–water partition coefficient (Wildman–Crippen LogP) is 3.25. The standard InChI is InChI=1S/C15H19N3S/c1-10-16-13-5-4-11(9-15(13)19-10)17-12-6-8-18-7-2-3-14(12)18/h4-5,9,12,14,17H,2-3,6-8H2,1H3. The van der Waals surface area contributed by atoms with Gasteiger partial charge in [0.2, 0.25) is 0 Å². The molecule has 2 fully saturated rings. The van der Waals surface area contributed by atoms with Gasteiger partial charge in [0.05, 0.1) is 15.2 Å². The normalized spacial score (nSPS) is 27.0. The Kier molecular flexibility index (Phi) is 2.74. The van der Waals surface area contributed by atoms with Crippen LogP contribution in [0.3, 0.4) is 0 Å². The van der Waals surface area contributed by atoms with E-state index in [0.717, 1.165) is 16.6 Å². The minimum absolute atomic E-state index is 0.633. The Labute approximate surface area is 117 Å². The number of benzene rings is 1.